The number of hydrogen-bond donors (Lipinski definition) is 1. The number of halogens is 1. The molecule has 0 fully saturated rings. The highest BCUT2D eigenvalue weighted by atomic mass is 19.1. The molecule has 0 aliphatic carbocycles. The van der Waals surface area contributed by atoms with Crippen LogP contribution in [-0.2, 0) is 6.42 Å². The minimum absolute atomic E-state index is 0.160. The molecule has 3 rings (SSSR count). The third-order valence-corrected chi connectivity index (χ3v) is 3.51. The average Bonchev–Trinajstić information content (AvgIpc) is 2.89. The summed E-state index contributed by atoms with van der Waals surface area (Å²) in [5.74, 6) is -0.490. The van der Waals surface area contributed by atoms with Crippen molar-refractivity contribution in [1.29, 1.82) is 0 Å². The van der Waals surface area contributed by atoms with Gasteiger partial charge >= 0.3 is 0 Å². The first-order valence-electron chi connectivity index (χ1n) is 6.43. The number of nitrogens with zero attached hydrogens (tertiary/aromatic N) is 2. The van der Waals surface area contributed by atoms with Crippen molar-refractivity contribution in [2.24, 2.45) is 0 Å². The monoisotopic (exact) mass is 271 g/mol. The van der Waals surface area contributed by atoms with Crippen LogP contribution in [0.2, 0.25) is 0 Å². The van der Waals surface area contributed by atoms with Crippen LogP contribution in [0.4, 0.5) is 15.8 Å². The first-order chi connectivity index (χ1) is 9.70. The van der Waals surface area contributed by atoms with Crippen molar-refractivity contribution in [3.63, 3.8) is 0 Å². The van der Waals surface area contributed by atoms with E-state index in [2.05, 4.69) is 10.3 Å². The van der Waals surface area contributed by atoms with E-state index in [0.29, 0.717) is 17.8 Å². The summed E-state index contributed by atoms with van der Waals surface area (Å²) in [6, 6.07) is 6.32. The predicted octanol–water partition coefficient (Wildman–Crippen LogP) is 2.47. The maximum atomic E-state index is 13.4. The number of carbonyl (C=O) groups excluding carboxylic acids is 1. The van der Waals surface area contributed by atoms with E-state index in [1.54, 1.807) is 30.3 Å². The van der Waals surface area contributed by atoms with Gasteiger partial charge < -0.3 is 10.2 Å². The maximum absolute atomic E-state index is 13.4. The second-order valence-corrected chi connectivity index (χ2v) is 4.65. The summed E-state index contributed by atoms with van der Waals surface area (Å²) < 4.78 is 13.4. The van der Waals surface area contributed by atoms with E-state index in [0.717, 1.165) is 17.7 Å². The molecule has 1 aliphatic rings. The number of rotatable bonds is 2. The third kappa shape index (κ3) is 2.01. The van der Waals surface area contributed by atoms with Gasteiger partial charge in [-0.3, -0.25) is 9.78 Å². The van der Waals surface area contributed by atoms with Crippen LogP contribution in [0.25, 0.3) is 0 Å². The zero-order chi connectivity index (χ0) is 14.1. The van der Waals surface area contributed by atoms with E-state index >= 15 is 0 Å². The lowest BCUT2D eigenvalue weighted by Crippen LogP contribution is -2.29. The number of anilines is 2. The summed E-state index contributed by atoms with van der Waals surface area (Å²) in [5, 5.41) is 2.97. The van der Waals surface area contributed by atoms with Crippen molar-refractivity contribution in [3.05, 3.63) is 53.6 Å². The van der Waals surface area contributed by atoms with Gasteiger partial charge in [-0.2, -0.15) is 0 Å². The van der Waals surface area contributed by atoms with Gasteiger partial charge in [0.05, 0.1) is 11.3 Å². The van der Waals surface area contributed by atoms with Crippen molar-refractivity contribution in [1.82, 2.24) is 4.98 Å². The molecule has 102 valence electrons. The Bertz CT molecular complexity index is 672. The molecule has 0 saturated heterocycles. The van der Waals surface area contributed by atoms with Gasteiger partial charge in [-0.05, 0) is 30.2 Å². The van der Waals surface area contributed by atoms with Gasteiger partial charge in [-0.25, -0.2) is 4.39 Å². The quantitative estimate of drug-likeness (QED) is 0.912. The minimum Gasteiger partial charge on any atom is -0.387 e. The number of aromatic nitrogens is 1. The zero-order valence-electron chi connectivity index (χ0n) is 11.1. The predicted molar refractivity (Wildman–Crippen MR) is 75.6 cm³/mol. The smallest absolute Gasteiger partial charge is 0.261 e. The molecule has 0 spiro atoms. The number of hydrogen-bond acceptors (Lipinski definition) is 3. The fraction of sp³-hybridized carbons (Fsp3) is 0.200. The molecule has 1 aromatic carbocycles. The van der Waals surface area contributed by atoms with Crippen molar-refractivity contribution in [3.8, 4) is 0 Å². The summed E-state index contributed by atoms with van der Waals surface area (Å²) in [4.78, 5) is 18.2. The molecule has 0 bridgehead atoms. The highest BCUT2D eigenvalue weighted by molar-refractivity contribution is 6.10. The molecule has 0 unspecified atom stereocenters. The fourth-order valence-electron chi connectivity index (χ4n) is 2.49. The first-order valence-corrected chi connectivity index (χ1v) is 6.43. The van der Waals surface area contributed by atoms with Gasteiger partial charge in [0.25, 0.3) is 5.91 Å². The van der Waals surface area contributed by atoms with Crippen LogP contribution in [0, 0.1) is 5.82 Å². The molecule has 4 nitrogen and oxygen atoms in total. The van der Waals surface area contributed by atoms with Gasteiger partial charge in [-0.15, -0.1) is 0 Å². The van der Waals surface area contributed by atoms with E-state index < -0.39 is 0 Å². The molecule has 5 heteroatoms. The Morgan fingerprint density at radius 3 is 3.05 bits per heavy atom. The summed E-state index contributed by atoms with van der Waals surface area (Å²) in [5.41, 5.74) is 2.86. The molecule has 2 heterocycles. The lowest BCUT2D eigenvalue weighted by atomic mass is 10.1. The van der Waals surface area contributed by atoms with Crippen molar-refractivity contribution < 1.29 is 9.18 Å². The van der Waals surface area contributed by atoms with E-state index in [1.807, 2.05) is 0 Å². The van der Waals surface area contributed by atoms with Gasteiger partial charge in [0.15, 0.2) is 0 Å². The summed E-state index contributed by atoms with van der Waals surface area (Å²) >= 11 is 0. The molecular formula is C15H14FN3O. The van der Waals surface area contributed by atoms with Gasteiger partial charge in [0.2, 0.25) is 0 Å². The van der Waals surface area contributed by atoms with Gasteiger partial charge in [-0.1, -0.05) is 6.07 Å². The number of benzene rings is 1. The Hall–Kier alpha value is -2.43. The largest absolute Gasteiger partial charge is 0.387 e. The molecular weight excluding hydrogens is 257 g/mol. The minimum atomic E-state index is -0.330. The van der Waals surface area contributed by atoms with Gasteiger partial charge in [0.1, 0.15) is 5.82 Å². The van der Waals surface area contributed by atoms with E-state index in [1.165, 1.54) is 18.3 Å². The van der Waals surface area contributed by atoms with Crippen LogP contribution in [0.1, 0.15) is 15.9 Å². The maximum Gasteiger partial charge on any atom is 0.261 e. The lowest BCUT2D eigenvalue weighted by Gasteiger charge is -2.18. The van der Waals surface area contributed by atoms with E-state index in [-0.39, 0.29) is 11.7 Å². The van der Waals surface area contributed by atoms with Crippen LogP contribution in [-0.4, -0.2) is 24.5 Å². The molecule has 20 heavy (non-hydrogen) atoms. The number of pyridine rings is 1. The highest BCUT2D eigenvalue weighted by Crippen LogP contribution is 2.30. The lowest BCUT2D eigenvalue weighted by molar-refractivity contribution is 0.0990. The Kier molecular flexibility index (Phi) is 3.10. The standard InChI is InChI=1S/C15H14FN3O/c1-17-13-4-6-18-9-12(13)15(20)19-7-5-10-2-3-11(16)8-14(10)19/h2-4,6,8-9H,5,7H2,1H3,(H,17,18). The Morgan fingerprint density at radius 2 is 2.25 bits per heavy atom. The van der Waals surface area contributed by atoms with E-state index in [4.69, 9.17) is 0 Å². The second-order valence-electron chi connectivity index (χ2n) is 4.65. The van der Waals surface area contributed by atoms with E-state index in [9.17, 15) is 9.18 Å². The molecule has 1 aromatic heterocycles. The summed E-state index contributed by atoms with van der Waals surface area (Å²) in [6.45, 7) is 0.565. The number of carbonyl (C=O) groups is 1. The molecule has 0 atom stereocenters. The third-order valence-electron chi connectivity index (χ3n) is 3.51. The molecule has 0 radical (unpaired) electrons. The van der Waals surface area contributed by atoms with Crippen molar-refractivity contribution in [2.45, 2.75) is 6.42 Å². The van der Waals surface area contributed by atoms with Crippen LogP contribution in [0.3, 0.4) is 0 Å². The Balaban J connectivity index is 2.00. The first kappa shape index (κ1) is 12.6. The van der Waals surface area contributed by atoms with Crippen LogP contribution >= 0.6 is 0 Å². The summed E-state index contributed by atoms with van der Waals surface area (Å²) in [7, 11) is 1.75. The number of nitrogens with one attached hydrogen (secondary N) is 1. The molecule has 1 amide bonds. The average molecular weight is 271 g/mol. The Morgan fingerprint density at radius 1 is 1.40 bits per heavy atom. The normalized spacial score (nSPS) is 13.2. The van der Waals surface area contributed by atoms with Crippen LogP contribution in [0.5, 0.6) is 0 Å². The second kappa shape index (κ2) is 4.92. The van der Waals surface area contributed by atoms with Crippen LogP contribution in [0.15, 0.2) is 36.7 Å². The molecule has 1 aliphatic heterocycles. The SMILES string of the molecule is CNc1ccncc1C(=O)N1CCc2ccc(F)cc21. The van der Waals surface area contributed by atoms with Gasteiger partial charge in [0, 0.05) is 31.7 Å². The van der Waals surface area contributed by atoms with Crippen LogP contribution < -0.4 is 10.2 Å². The zero-order valence-corrected chi connectivity index (χ0v) is 11.1. The fourth-order valence-corrected chi connectivity index (χ4v) is 2.49. The van der Waals surface area contributed by atoms with Crippen molar-refractivity contribution >= 4 is 17.3 Å². The molecule has 1 N–H and O–H groups in total. The number of amides is 1. The molecule has 0 saturated carbocycles. The van der Waals surface area contributed by atoms with Crippen molar-refractivity contribution in [2.75, 3.05) is 23.8 Å². The molecule has 2 aromatic rings. The Labute approximate surface area is 116 Å². The topological polar surface area (TPSA) is 45.2 Å². The highest BCUT2D eigenvalue weighted by Gasteiger charge is 2.27. The number of fused-ring (bicyclic) bond motifs is 1. The summed E-state index contributed by atoms with van der Waals surface area (Å²) in [6.07, 6.45) is 3.90.